The lowest BCUT2D eigenvalue weighted by atomic mass is 10.1. The molecule has 0 saturated heterocycles. The van der Waals surface area contributed by atoms with E-state index in [-0.39, 0.29) is 12.4 Å². The minimum absolute atomic E-state index is 0.216. The van der Waals surface area contributed by atoms with Crippen LogP contribution in [0.3, 0.4) is 0 Å². The maximum atomic E-state index is 12.1. The molecule has 2 aromatic carbocycles. The first-order valence-corrected chi connectivity index (χ1v) is 8.25. The van der Waals surface area contributed by atoms with Gasteiger partial charge >= 0.3 is 5.97 Å². The minimum Gasteiger partial charge on any atom is -0.493 e. The van der Waals surface area contributed by atoms with Crippen molar-refractivity contribution < 1.29 is 14.3 Å². The second kappa shape index (κ2) is 8.62. The number of aromatic nitrogens is 1. The number of esters is 1. The highest BCUT2D eigenvalue weighted by atomic mass is 16.6. The molecule has 1 aromatic heterocycles. The number of hydrogen-bond acceptors (Lipinski definition) is 4. The normalized spacial score (nSPS) is 10.7. The Morgan fingerprint density at radius 1 is 0.923 bits per heavy atom. The lowest BCUT2D eigenvalue weighted by Gasteiger charge is -2.10. The molecule has 0 radical (unpaired) electrons. The molecule has 0 spiro atoms. The average molecular weight is 345 g/mol. The Bertz CT molecular complexity index is 890. The van der Waals surface area contributed by atoms with Gasteiger partial charge in [0, 0.05) is 12.4 Å². The van der Waals surface area contributed by atoms with Gasteiger partial charge in [0.2, 0.25) is 0 Å². The van der Waals surface area contributed by atoms with E-state index in [1.54, 1.807) is 25.6 Å². The van der Waals surface area contributed by atoms with Crippen molar-refractivity contribution in [1.82, 2.24) is 4.98 Å². The molecule has 0 amide bonds. The van der Waals surface area contributed by atoms with Crippen LogP contribution in [0, 0.1) is 0 Å². The molecule has 0 fully saturated rings. The monoisotopic (exact) mass is 345 g/mol. The fourth-order valence-electron chi connectivity index (χ4n) is 2.46. The van der Waals surface area contributed by atoms with Crippen LogP contribution in [0.25, 0.3) is 12.2 Å². The molecular weight excluding hydrogens is 326 g/mol. The summed E-state index contributed by atoms with van der Waals surface area (Å²) < 4.78 is 10.8. The molecule has 0 N–H and O–H groups in total. The minimum atomic E-state index is -0.324. The highest BCUT2D eigenvalue weighted by Gasteiger charge is 2.11. The van der Waals surface area contributed by atoms with Crippen LogP contribution >= 0.6 is 0 Å². The molecule has 130 valence electrons. The number of ether oxygens (including phenoxy) is 2. The number of rotatable bonds is 6. The summed E-state index contributed by atoms with van der Waals surface area (Å²) >= 11 is 0. The van der Waals surface area contributed by atoms with Crippen molar-refractivity contribution in [3.63, 3.8) is 0 Å². The average Bonchev–Trinajstić information content (AvgIpc) is 2.68. The van der Waals surface area contributed by atoms with Gasteiger partial charge in [0.1, 0.15) is 0 Å². The van der Waals surface area contributed by atoms with Crippen LogP contribution < -0.4 is 9.47 Å². The summed E-state index contributed by atoms with van der Waals surface area (Å²) in [4.78, 5) is 16.1. The Hall–Kier alpha value is -3.40. The van der Waals surface area contributed by atoms with Crippen LogP contribution in [0.15, 0.2) is 73.1 Å². The predicted octanol–water partition coefficient (Wildman–Crippen LogP) is 4.41. The van der Waals surface area contributed by atoms with E-state index in [1.165, 1.54) is 0 Å². The SMILES string of the molecule is COc1cc(/C=C/c2ccncc2)ccc1OC(=O)Cc1ccccc1. The Morgan fingerprint density at radius 2 is 1.65 bits per heavy atom. The summed E-state index contributed by atoms with van der Waals surface area (Å²) in [5.74, 6) is 0.604. The van der Waals surface area contributed by atoms with E-state index in [0.29, 0.717) is 11.5 Å². The fourth-order valence-corrected chi connectivity index (χ4v) is 2.46. The Labute approximate surface area is 152 Å². The smallest absolute Gasteiger partial charge is 0.315 e. The van der Waals surface area contributed by atoms with Crippen molar-refractivity contribution in [3.05, 3.63) is 89.7 Å². The van der Waals surface area contributed by atoms with Crippen LogP contribution in [0.5, 0.6) is 11.5 Å². The third-order valence-electron chi connectivity index (χ3n) is 3.78. The molecule has 0 unspecified atom stereocenters. The highest BCUT2D eigenvalue weighted by molar-refractivity contribution is 5.77. The first kappa shape index (κ1) is 17.4. The lowest BCUT2D eigenvalue weighted by molar-refractivity contribution is -0.133. The van der Waals surface area contributed by atoms with Gasteiger partial charge in [-0.25, -0.2) is 0 Å². The molecule has 26 heavy (non-hydrogen) atoms. The first-order valence-electron chi connectivity index (χ1n) is 8.25. The van der Waals surface area contributed by atoms with Gasteiger partial charge in [0.15, 0.2) is 11.5 Å². The zero-order chi connectivity index (χ0) is 18.2. The molecular formula is C22H19NO3. The molecule has 3 rings (SSSR count). The van der Waals surface area contributed by atoms with E-state index >= 15 is 0 Å². The molecule has 3 aromatic rings. The van der Waals surface area contributed by atoms with E-state index in [4.69, 9.17) is 9.47 Å². The van der Waals surface area contributed by atoms with Gasteiger partial charge in [0.05, 0.1) is 13.5 Å². The van der Waals surface area contributed by atoms with Crippen LogP contribution in [0.4, 0.5) is 0 Å². The molecule has 1 heterocycles. The molecule has 0 atom stereocenters. The number of hydrogen-bond donors (Lipinski definition) is 0. The van der Waals surface area contributed by atoms with Crippen molar-refractivity contribution in [2.24, 2.45) is 0 Å². The van der Waals surface area contributed by atoms with Crippen LogP contribution in [0.2, 0.25) is 0 Å². The molecule has 0 bridgehead atoms. The Kier molecular flexibility index (Phi) is 5.78. The number of methoxy groups -OCH3 is 1. The summed E-state index contributed by atoms with van der Waals surface area (Å²) in [6.45, 7) is 0. The highest BCUT2D eigenvalue weighted by Crippen LogP contribution is 2.29. The third-order valence-corrected chi connectivity index (χ3v) is 3.78. The maximum Gasteiger partial charge on any atom is 0.315 e. The third kappa shape index (κ3) is 4.80. The molecule has 4 heteroatoms. The number of pyridine rings is 1. The van der Waals surface area contributed by atoms with Crippen molar-refractivity contribution in [2.45, 2.75) is 6.42 Å². The van der Waals surface area contributed by atoms with E-state index in [9.17, 15) is 4.79 Å². The van der Waals surface area contributed by atoms with Gasteiger partial charge in [-0.2, -0.15) is 0 Å². The fraction of sp³-hybridized carbons (Fsp3) is 0.0909. The lowest BCUT2D eigenvalue weighted by Crippen LogP contribution is -2.11. The summed E-state index contributed by atoms with van der Waals surface area (Å²) in [7, 11) is 1.56. The summed E-state index contributed by atoms with van der Waals surface area (Å²) in [6.07, 6.45) is 7.66. The van der Waals surface area contributed by atoms with Crippen molar-refractivity contribution >= 4 is 18.1 Å². The predicted molar refractivity (Wildman–Crippen MR) is 102 cm³/mol. The van der Waals surface area contributed by atoms with Crippen molar-refractivity contribution in [3.8, 4) is 11.5 Å². The maximum absolute atomic E-state index is 12.1. The second-order valence-electron chi connectivity index (χ2n) is 5.66. The van der Waals surface area contributed by atoms with Gasteiger partial charge in [0.25, 0.3) is 0 Å². The summed E-state index contributed by atoms with van der Waals surface area (Å²) in [5.41, 5.74) is 2.91. The summed E-state index contributed by atoms with van der Waals surface area (Å²) in [5, 5.41) is 0. The zero-order valence-electron chi connectivity index (χ0n) is 14.5. The van der Waals surface area contributed by atoms with E-state index in [0.717, 1.165) is 16.7 Å². The van der Waals surface area contributed by atoms with E-state index in [2.05, 4.69) is 4.98 Å². The van der Waals surface area contributed by atoms with E-state index < -0.39 is 0 Å². The van der Waals surface area contributed by atoms with Crippen LogP contribution in [-0.4, -0.2) is 18.1 Å². The second-order valence-corrected chi connectivity index (χ2v) is 5.66. The largest absolute Gasteiger partial charge is 0.493 e. The van der Waals surface area contributed by atoms with Crippen LogP contribution in [-0.2, 0) is 11.2 Å². The molecule has 0 aliphatic heterocycles. The quantitative estimate of drug-likeness (QED) is 0.490. The first-order chi connectivity index (χ1) is 12.7. The van der Waals surface area contributed by atoms with Crippen molar-refractivity contribution in [2.75, 3.05) is 7.11 Å². The standard InChI is InChI=1S/C22H19NO3/c1-25-21-15-19(8-7-17-11-13-23-14-12-17)9-10-20(21)26-22(24)16-18-5-3-2-4-6-18/h2-15H,16H2,1H3/b8-7+. The van der Waals surface area contributed by atoms with E-state index in [1.807, 2.05) is 66.7 Å². The number of nitrogens with zero attached hydrogens (tertiary/aromatic N) is 1. The molecule has 4 nitrogen and oxygen atoms in total. The molecule has 0 saturated carbocycles. The van der Waals surface area contributed by atoms with Crippen LogP contribution in [0.1, 0.15) is 16.7 Å². The van der Waals surface area contributed by atoms with Crippen molar-refractivity contribution in [1.29, 1.82) is 0 Å². The van der Waals surface area contributed by atoms with Gasteiger partial charge < -0.3 is 9.47 Å². The Balaban J connectivity index is 1.70. The number of carbonyl (C=O) groups excluding carboxylic acids is 1. The number of carbonyl (C=O) groups is 1. The van der Waals surface area contributed by atoms with Gasteiger partial charge in [-0.05, 0) is 41.0 Å². The van der Waals surface area contributed by atoms with Gasteiger partial charge in [-0.1, -0.05) is 48.6 Å². The molecule has 0 aliphatic rings. The Morgan fingerprint density at radius 3 is 2.38 bits per heavy atom. The van der Waals surface area contributed by atoms with Gasteiger partial charge in [-0.3, -0.25) is 9.78 Å². The summed E-state index contributed by atoms with van der Waals surface area (Å²) in [6, 6.07) is 18.8. The number of benzene rings is 2. The zero-order valence-corrected chi connectivity index (χ0v) is 14.5. The topological polar surface area (TPSA) is 48.4 Å². The molecule has 0 aliphatic carbocycles. The van der Waals surface area contributed by atoms with Gasteiger partial charge in [-0.15, -0.1) is 0 Å².